The van der Waals surface area contributed by atoms with Crippen LogP contribution in [-0.4, -0.2) is 0 Å². The van der Waals surface area contributed by atoms with Gasteiger partial charge in [0.25, 0.3) is 0 Å². The highest BCUT2D eigenvalue weighted by Crippen LogP contribution is 2.33. The Labute approximate surface area is 118 Å². The number of unbranched alkanes of at least 4 members (excludes halogenated alkanes) is 8. The summed E-state index contributed by atoms with van der Waals surface area (Å²) in [6.07, 6.45) is 12.6. The minimum absolute atomic E-state index is 1.06. The molecule has 0 nitrogen and oxygen atoms in total. The molecule has 0 aromatic rings. The lowest BCUT2D eigenvalue weighted by Gasteiger charge is -1.91. The molecule has 0 rings (SSSR count). The van der Waals surface area contributed by atoms with E-state index in [2.05, 4.69) is 37.0 Å². The molecule has 0 atom stereocenters. The normalized spacial score (nSPS) is 10.6. The van der Waals surface area contributed by atoms with Crippen molar-refractivity contribution in [2.75, 3.05) is 0 Å². The molecule has 0 N–H and O–H groups in total. The summed E-state index contributed by atoms with van der Waals surface area (Å²) in [5, 5.41) is 0. The Bertz CT molecular complexity index is 245. The van der Waals surface area contributed by atoms with Crippen molar-refractivity contribution >= 4 is 16.5 Å². The summed E-state index contributed by atoms with van der Waals surface area (Å²) in [7, 11) is 2.32. The largest absolute Gasteiger partial charge is 0.0979 e. The van der Waals surface area contributed by atoms with E-state index in [-0.39, 0.29) is 0 Å². The van der Waals surface area contributed by atoms with Crippen LogP contribution in [0.3, 0.4) is 0 Å². The predicted octanol–water partition coefficient (Wildman–Crippen LogP) is 6.66. The smallest absolute Gasteiger partial charge is 0.0586 e. The van der Waals surface area contributed by atoms with Crippen molar-refractivity contribution in [2.45, 2.75) is 78.1 Å². The summed E-state index contributed by atoms with van der Waals surface area (Å²) in [5.41, 5.74) is 6.36. The molecule has 100 valence electrons. The molecule has 0 spiro atoms. The van der Waals surface area contributed by atoms with Crippen LogP contribution in [0.2, 0.25) is 0 Å². The van der Waals surface area contributed by atoms with E-state index in [1.807, 2.05) is 0 Å². The zero-order valence-electron chi connectivity index (χ0n) is 12.0. The highest BCUT2D eigenvalue weighted by molar-refractivity contribution is 8.16. The fourth-order valence-corrected chi connectivity index (χ4v) is 2.70. The Morgan fingerprint density at radius 2 is 1.06 bits per heavy atom. The number of rotatable bonds is 9. The second-order valence-corrected chi connectivity index (χ2v) is 6.45. The van der Waals surface area contributed by atoms with Gasteiger partial charge in [0.05, 0.1) is 16.5 Å². The molecular formula is C16H26P2. The van der Waals surface area contributed by atoms with E-state index in [4.69, 9.17) is 0 Å². The molecule has 0 saturated carbocycles. The molecule has 0 aromatic heterocycles. The van der Waals surface area contributed by atoms with E-state index in [1.54, 1.807) is 0 Å². The minimum atomic E-state index is 1.06. The van der Waals surface area contributed by atoms with Gasteiger partial charge in [0.2, 0.25) is 0 Å². The summed E-state index contributed by atoms with van der Waals surface area (Å²) in [5.74, 6) is 6.45. The van der Waals surface area contributed by atoms with Crippen LogP contribution >= 0.6 is 16.5 Å². The molecule has 0 unspecified atom stereocenters. The number of hydrogen-bond acceptors (Lipinski definition) is 0. The second kappa shape index (κ2) is 17.0. The Hall–Kier alpha value is -0.0200. The van der Waals surface area contributed by atoms with Gasteiger partial charge in [-0.1, -0.05) is 75.5 Å². The summed E-state index contributed by atoms with van der Waals surface area (Å²) < 4.78 is 0. The van der Waals surface area contributed by atoms with Crippen LogP contribution in [0.25, 0.3) is 0 Å². The molecule has 2 heteroatoms. The van der Waals surface area contributed by atoms with Crippen molar-refractivity contribution < 1.29 is 0 Å². The third-order valence-corrected chi connectivity index (χ3v) is 4.14. The Morgan fingerprint density at radius 3 is 1.44 bits per heavy atom. The van der Waals surface area contributed by atoms with Crippen molar-refractivity contribution in [3.05, 3.63) is 0 Å². The van der Waals surface area contributed by atoms with Gasteiger partial charge in [-0.2, -0.15) is 0 Å². The van der Waals surface area contributed by atoms with Crippen LogP contribution in [0.1, 0.15) is 78.1 Å². The first-order valence-electron chi connectivity index (χ1n) is 7.27. The first-order chi connectivity index (χ1) is 8.91. The molecule has 0 bridgehead atoms. The van der Waals surface area contributed by atoms with Gasteiger partial charge in [0, 0.05) is 12.8 Å². The van der Waals surface area contributed by atoms with E-state index in [1.165, 1.54) is 51.4 Å². The van der Waals surface area contributed by atoms with E-state index in [0.29, 0.717) is 0 Å². The zero-order chi connectivity index (χ0) is 13.3. The lowest BCUT2D eigenvalue weighted by atomic mass is 10.2. The first kappa shape index (κ1) is 18.0. The molecular weight excluding hydrogens is 254 g/mol. The maximum absolute atomic E-state index is 3.23. The van der Waals surface area contributed by atoms with Gasteiger partial charge in [-0.15, -0.1) is 0 Å². The third kappa shape index (κ3) is 16.0. The van der Waals surface area contributed by atoms with E-state index < -0.39 is 0 Å². The molecule has 2 radical (unpaired) electrons. The summed E-state index contributed by atoms with van der Waals surface area (Å²) >= 11 is 0. The van der Waals surface area contributed by atoms with Crippen molar-refractivity contribution in [3.63, 3.8) is 0 Å². The van der Waals surface area contributed by atoms with E-state index in [9.17, 15) is 0 Å². The van der Waals surface area contributed by atoms with Gasteiger partial charge in [0.1, 0.15) is 0 Å². The van der Waals surface area contributed by atoms with Crippen molar-refractivity contribution in [3.8, 4) is 23.2 Å². The average molecular weight is 280 g/mol. The molecule has 0 aromatic carbocycles. The van der Waals surface area contributed by atoms with E-state index in [0.717, 1.165) is 29.4 Å². The molecule has 0 fully saturated rings. The Kier molecular flexibility index (Phi) is 17.0. The highest BCUT2D eigenvalue weighted by atomic mass is 32.0. The van der Waals surface area contributed by atoms with Crippen LogP contribution in [0.15, 0.2) is 0 Å². The first-order valence-corrected chi connectivity index (χ1v) is 9.76. The standard InChI is InChI=1S/C16H26P2/c1-3-5-7-9-11-13-15-17-18-16-14-12-10-8-6-4-2/h3-12H2,1-2H3. The van der Waals surface area contributed by atoms with Gasteiger partial charge in [-0.3, -0.25) is 0 Å². The number of hydrogen-bond donors (Lipinski definition) is 0. The molecule has 0 aliphatic rings. The van der Waals surface area contributed by atoms with Crippen molar-refractivity contribution in [2.24, 2.45) is 0 Å². The summed E-state index contributed by atoms with van der Waals surface area (Å²) in [6, 6.07) is 0. The lowest BCUT2D eigenvalue weighted by molar-refractivity contribution is 0.680. The second-order valence-electron chi connectivity index (χ2n) is 4.40. The van der Waals surface area contributed by atoms with Gasteiger partial charge in [-0.05, 0) is 12.8 Å². The molecule has 0 aliphatic carbocycles. The molecule has 0 heterocycles. The van der Waals surface area contributed by atoms with E-state index >= 15 is 0 Å². The zero-order valence-corrected chi connectivity index (χ0v) is 13.8. The maximum atomic E-state index is 3.23. The predicted molar refractivity (Wildman–Crippen MR) is 86.9 cm³/mol. The fourth-order valence-electron chi connectivity index (χ4n) is 1.51. The quantitative estimate of drug-likeness (QED) is 0.252. The maximum Gasteiger partial charge on any atom is 0.0586 e. The van der Waals surface area contributed by atoms with Crippen molar-refractivity contribution in [1.82, 2.24) is 0 Å². The van der Waals surface area contributed by atoms with Crippen LogP contribution < -0.4 is 0 Å². The Morgan fingerprint density at radius 1 is 0.611 bits per heavy atom. The van der Waals surface area contributed by atoms with Crippen LogP contribution in [0, 0.1) is 23.2 Å². The monoisotopic (exact) mass is 280 g/mol. The van der Waals surface area contributed by atoms with Crippen LogP contribution in [-0.2, 0) is 0 Å². The topological polar surface area (TPSA) is 0 Å². The van der Waals surface area contributed by atoms with Gasteiger partial charge in [-0.25, -0.2) is 0 Å². The van der Waals surface area contributed by atoms with Crippen molar-refractivity contribution in [1.29, 1.82) is 0 Å². The Balaban J connectivity index is 3.23. The fraction of sp³-hybridized carbons (Fsp3) is 0.750. The molecule has 18 heavy (non-hydrogen) atoms. The highest BCUT2D eigenvalue weighted by Gasteiger charge is 1.85. The van der Waals surface area contributed by atoms with Gasteiger partial charge < -0.3 is 0 Å². The summed E-state index contributed by atoms with van der Waals surface area (Å²) in [4.78, 5) is 0. The minimum Gasteiger partial charge on any atom is -0.0979 e. The lowest BCUT2D eigenvalue weighted by Crippen LogP contribution is -1.73. The summed E-state index contributed by atoms with van der Waals surface area (Å²) in [6.45, 7) is 4.48. The molecule has 0 saturated heterocycles. The SMILES string of the molecule is CCCCCCC#C[P][P]C#CCCCCCC. The molecule has 0 amide bonds. The van der Waals surface area contributed by atoms with Crippen LogP contribution in [0.4, 0.5) is 0 Å². The van der Waals surface area contributed by atoms with Gasteiger partial charge >= 0.3 is 0 Å². The van der Waals surface area contributed by atoms with Crippen LogP contribution in [0.5, 0.6) is 0 Å². The molecule has 0 aliphatic heterocycles. The average Bonchev–Trinajstić information content (AvgIpc) is 2.39. The third-order valence-electron chi connectivity index (χ3n) is 2.62. The van der Waals surface area contributed by atoms with Gasteiger partial charge in [0.15, 0.2) is 0 Å².